The third-order valence-electron chi connectivity index (χ3n) is 5.38. The van der Waals surface area contributed by atoms with Gasteiger partial charge in [-0.05, 0) is 36.1 Å². The van der Waals surface area contributed by atoms with Crippen LogP contribution in [-0.2, 0) is 9.53 Å². The molecule has 0 spiro atoms. The van der Waals surface area contributed by atoms with Crippen molar-refractivity contribution in [2.45, 2.75) is 19.1 Å². The van der Waals surface area contributed by atoms with Crippen LogP contribution < -0.4 is 0 Å². The van der Waals surface area contributed by atoms with Crippen molar-refractivity contribution in [3.8, 4) is 11.1 Å². The number of ether oxygens (including phenoxy) is 1. The van der Waals surface area contributed by atoms with Crippen LogP contribution in [0.2, 0.25) is 0 Å². The van der Waals surface area contributed by atoms with Gasteiger partial charge in [0.2, 0.25) is 5.71 Å². The smallest absolute Gasteiger partial charge is 0.298 e. The molecule has 0 bridgehead atoms. The minimum Gasteiger partial charge on any atom is -0.319 e. The van der Waals surface area contributed by atoms with Crippen LogP contribution in [0.3, 0.4) is 0 Å². The Morgan fingerprint density at radius 2 is 1.58 bits per heavy atom. The highest BCUT2D eigenvalue weighted by molar-refractivity contribution is 6.22. The maximum Gasteiger partial charge on any atom is 0.298 e. The molecule has 2 aliphatic heterocycles. The summed E-state index contributed by atoms with van der Waals surface area (Å²) in [6.07, 6.45) is 1.67. The fourth-order valence-corrected chi connectivity index (χ4v) is 4.29. The number of amides is 1. The van der Waals surface area contributed by atoms with Gasteiger partial charge in [-0.3, -0.25) is 4.79 Å². The predicted octanol–water partition coefficient (Wildman–Crippen LogP) is 2.66. The summed E-state index contributed by atoms with van der Waals surface area (Å²) in [5.41, 5.74) is 5.89. The maximum absolute atomic E-state index is 12.7. The van der Waals surface area contributed by atoms with Crippen molar-refractivity contribution in [1.82, 2.24) is 5.01 Å². The van der Waals surface area contributed by atoms with Gasteiger partial charge < -0.3 is 4.74 Å². The molecule has 1 unspecified atom stereocenters. The second-order valence-corrected chi connectivity index (χ2v) is 6.66. The first-order valence-electron chi connectivity index (χ1n) is 8.52. The molecule has 3 aliphatic rings. The molecule has 2 heterocycles. The third-order valence-corrected chi connectivity index (χ3v) is 5.38. The molecule has 24 heavy (non-hydrogen) atoms. The third kappa shape index (κ3) is 1.72. The molecular weight excluding hydrogens is 300 g/mol. The SMILES string of the molecule is CN1C(=O)[C@H]2CCCOC2[N+]1=C1c2ccccc2-c2ccccc21. The zero-order chi connectivity index (χ0) is 16.3. The number of nitrogens with zero attached hydrogens (tertiary/aromatic N) is 2. The number of hydrazone groups is 1. The molecule has 4 nitrogen and oxygen atoms in total. The Morgan fingerprint density at radius 1 is 1.00 bits per heavy atom. The summed E-state index contributed by atoms with van der Waals surface area (Å²) in [4.78, 5) is 12.7. The van der Waals surface area contributed by atoms with Gasteiger partial charge in [-0.25, -0.2) is 0 Å². The Morgan fingerprint density at radius 3 is 2.21 bits per heavy atom. The van der Waals surface area contributed by atoms with Gasteiger partial charge in [-0.1, -0.05) is 41.1 Å². The Kier molecular flexibility index (Phi) is 2.91. The molecular formula is C20H19N2O2+. The first-order chi connectivity index (χ1) is 11.8. The van der Waals surface area contributed by atoms with Gasteiger partial charge >= 0.3 is 0 Å². The van der Waals surface area contributed by atoms with E-state index in [1.165, 1.54) is 22.3 Å². The van der Waals surface area contributed by atoms with Gasteiger partial charge in [0.15, 0.2) is 0 Å². The summed E-state index contributed by atoms with van der Waals surface area (Å²) in [6, 6.07) is 16.8. The minimum absolute atomic E-state index is 0.0591. The van der Waals surface area contributed by atoms with Crippen LogP contribution >= 0.6 is 0 Å². The van der Waals surface area contributed by atoms with E-state index in [1.54, 1.807) is 5.01 Å². The molecule has 0 saturated carbocycles. The van der Waals surface area contributed by atoms with Crippen LogP contribution in [0.15, 0.2) is 48.5 Å². The molecule has 0 radical (unpaired) electrons. The van der Waals surface area contributed by atoms with Gasteiger partial charge in [0.25, 0.3) is 12.1 Å². The van der Waals surface area contributed by atoms with Crippen molar-refractivity contribution in [2.24, 2.45) is 5.92 Å². The lowest BCUT2D eigenvalue weighted by molar-refractivity contribution is -0.714. The number of hydrazine groups is 1. The van der Waals surface area contributed by atoms with Gasteiger partial charge in [-0.15, -0.1) is 5.01 Å². The molecule has 2 aromatic carbocycles. The van der Waals surface area contributed by atoms with Crippen molar-refractivity contribution in [3.05, 3.63) is 59.7 Å². The van der Waals surface area contributed by atoms with Crippen LogP contribution in [0, 0.1) is 5.92 Å². The van der Waals surface area contributed by atoms with Gasteiger partial charge in [-0.2, -0.15) is 0 Å². The van der Waals surface area contributed by atoms with E-state index in [0.29, 0.717) is 0 Å². The molecule has 0 N–H and O–H groups in total. The zero-order valence-electron chi connectivity index (χ0n) is 13.6. The Hall–Kier alpha value is -2.46. The van der Waals surface area contributed by atoms with Crippen molar-refractivity contribution < 1.29 is 14.2 Å². The van der Waals surface area contributed by atoms with E-state index in [1.807, 2.05) is 7.05 Å². The molecule has 2 saturated heterocycles. The maximum atomic E-state index is 12.7. The molecule has 4 heteroatoms. The number of rotatable bonds is 0. The molecule has 2 fully saturated rings. The lowest BCUT2D eigenvalue weighted by atomic mass is 9.99. The number of hydrogen-bond acceptors (Lipinski definition) is 2. The minimum atomic E-state index is -0.189. The monoisotopic (exact) mass is 319 g/mol. The quantitative estimate of drug-likeness (QED) is 0.597. The largest absolute Gasteiger partial charge is 0.319 e. The average molecular weight is 319 g/mol. The molecule has 2 atom stereocenters. The van der Waals surface area contributed by atoms with E-state index in [2.05, 4.69) is 53.2 Å². The van der Waals surface area contributed by atoms with Crippen molar-refractivity contribution >= 4 is 11.6 Å². The highest BCUT2D eigenvalue weighted by Gasteiger charge is 2.54. The van der Waals surface area contributed by atoms with E-state index in [4.69, 9.17) is 4.74 Å². The van der Waals surface area contributed by atoms with Gasteiger partial charge in [0.1, 0.15) is 5.92 Å². The second-order valence-electron chi connectivity index (χ2n) is 6.66. The van der Waals surface area contributed by atoms with Crippen LogP contribution in [0.1, 0.15) is 24.0 Å². The zero-order valence-corrected chi connectivity index (χ0v) is 13.6. The molecule has 2 aromatic rings. The normalized spacial score (nSPS) is 24.9. The topological polar surface area (TPSA) is 32.6 Å². The van der Waals surface area contributed by atoms with Crippen molar-refractivity contribution in [2.75, 3.05) is 13.7 Å². The molecule has 5 rings (SSSR count). The van der Waals surface area contributed by atoms with E-state index >= 15 is 0 Å². The number of fused-ring (bicyclic) bond motifs is 4. The lowest BCUT2D eigenvalue weighted by Crippen LogP contribution is -2.39. The first kappa shape index (κ1) is 13.9. The summed E-state index contributed by atoms with van der Waals surface area (Å²) in [5.74, 6) is 0.102. The van der Waals surface area contributed by atoms with E-state index in [-0.39, 0.29) is 18.1 Å². The van der Waals surface area contributed by atoms with E-state index in [0.717, 1.165) is 25.2 Å². The molecule has 1 aliphatic carbocycles. The number of carbonyl (C=O) groups is 1. The van der Waals surface area contributed by atoms with Crippen LogP contribution in [0.4, 0.5) is 0 Å². The Labute approximate surface area is 141 Å². The highest BCUT2D eigenvalue weighted by Crippen LogP contribution is 2.39. The van der Waals surface area contributed by atoms with Crippen molar-refractivity contribution in [1.29, 1.82) is 0 Å². The summed E-state index contributed by atoms with van der Waals surface area (Å²) >= 11 is 0. The average Bonchev–Trinajstić information content (AvgIpc) is 3.08. The highest BCUT2D eigenvalue weighted by atomic mass is 16.5. The fraction of sp³-hybridized carbons (Fsp3) is 0.300. The fourth-order valence-electron chi connectivity index (χ4n) is 4.29. The number of benzene rings is 2. The predicted molar refractivity (Wildman–Crippen MR) is 90.6 cm³/mol. The van der Waals surface area contributed by atoms with Gasteiger partial charge in [0, 0.05) is 0 Å². The Balaban J connectivity index is 1.82. The van der Waals surface area contributed by atoms with Crippen LogP contribution in [-0.4, -0.2) is 41.2 Å². The lowest BCUT2D eigenvalue weighted by Gasteiger charge is -2.19. The number of hydrogen-bond donors (Lipinski definition) is 0. The second kappa shape index (κ2) is 5.02. The summed E-state index contributed by atoms with van der Waals surface area (Å²) in [5, 5.41) is 1.76. The molecule has 0 aromatic heterocycles. The summed E-state index contributed by atoms with van der Waals surface area (Å²) < 4.78 is 8.12. The molecule has 1 amide bonds. The van der Waals surface area contributed by atoms with Crippen LogP contribution in [0.5, 0.6) is 0 Å². The molecule has 120 valence electrons. The standard InChI is InChI=1S/C20H19N2O2/c1-21-19(23)17-11-6-12-24-20(17)22(21)18-15-9-4-2-7-13(15)14-8-3-5-10-16(14)18/h2-5,7-10,17,20H,6,11-12H2,1H3/q+1/t17-,20?/m1/s1. The van der Waals surface area contributed by atoms with Gasteiger partial charge in [0.05, 0.1) is 24.8 Å². The number of carbonyl (C=O) groups excluding carboxylic acids is 1. The first-order valence-corrected chi connectivity index (χ1v) is 8.52. The summed E-state index contributed by atoms with van der Waals surface area (Å²) in [7, 11) is 1.86. The Bertz CT molecular complexity index is 839. The van der Waals surface area contributed by atoms with Crippen molar-refractivity contribution in [3.63, 3.8) is 0 Å². The van der Waals surface area contributed by atoms with E-state index < -0.39 is 0 Å². The van der Waals surface area contributed by atoms with Crippen LogP contribution in [0.25, 0.3) is 11.1 Å². The van der Waals surface area contributed by atoms with E-state index in [9.17, 15) is 4.79 Å². The summed E-state index contributed by atoms with van der Waals surface area (Å²) in [6.45, 7) is 0.718.